The highest BCUT2D eigenvalue weighted by Gasteiger charge is 2.18. The Morgan fingerprint density at radius 1 is 1.43 bits per heavy atom. The zero-order chi connectivity index (χ0) is 14.5. The van der Waals surface area contributed by atoms with Crippen LogP contribution in [0.15, 0.2) is 23.7 Å². The van der Waals surface area contributed by atoms with Gasteiger partial charge < -0.3 is 10.6 Å². The molecule has 2 N–H and O–H groups in total. The van der Waals surface area contributed by atoms with Gasteiger partial charge >= 0.3 is 0 Å². The van der Waals surface area contributed by atoms with Crippen LogP contribution in [-0.4, -0.2) is 24.0 Å². The molecule has 0 unspecified atom stereocenters. The molecule has 3 heterocycles. The molecule has 1 saturated heterocycles. The molecule has 21 heavy (non-hydrogen) atoms. The molecular weight excluding hydrogens is 302 g/mol. The first-order valence-corrected chi connectivity index (χ1v) is 8.99. The van der Waals surface area contributed by atoms with Gasteiger partial charge in [-0.3, -0.25) is 4.79 Å². The molecule has 1 aliphatic heterocycles. The van der Waals surface area contributed by atoms with Gasteiger partial charge in [-0.15, -0.1) is 22.7 Å². The largest absolute Gasteiger partial charge is 0.317 e. The molecule has 0 aromatic carbocycles. The Morgan fingerprint density at radius 3 is 3.05 bits per heavy atom. The Labute approximate surface area is 132 Å². The number of hydrogen-bond acceptors (Lipinski definition) is 5. The monoisotopic (exact) mass is 321 g/mol. The molecule has 1 amide bonds. The molecule has 3 rings (SSSR count). The van der Waals surface area contributed by atoms with Crippen molar-refractivity contribution in [1.29, 1.82) is 0 Å². The number of hydrogen-bond donors (Lipinski definition) is 2. The highest BCUT2D eigenvalue weighted by molar-refractivity contribution is 7.15. The van der Waals surface area contributed by atoms with Crippen LogP contribution in [0.25, 0.3) is 0 Å². The minimum absolute atomic E-state index is 0.0506. The van der Waals surface area contributed by atoms with Crippen LogP contribution in [-0.2, 0) is 11.2 Å². The van der Waals surface area contributed by atoms with Crippen LogP contribution in [0.5, 0.6) is 0 Å². The fourth-order valence-electron chi connectivity index (χ4n) is 2.51. The molecule has 0 bridgehead atoms. The van der Waals surface area contributed by atoms with E-state index in [1.54, 1.807) is 22.7 Å². The highest BCUT2D eigenvalue weighted by atomic mass is 32.1. The number of nitrogens with one attached hydrogen (secondary N) is 2. The predicted octanol–water partition coefficient (Wildman–Crippen LogP) is 3.24. The maximum atomic E-state index is 11.9. The smallest absolute Gasteiger partial charge is 0.226 e. The second kappa shape index (κ2) is 7.15. The van der Waals surface area contributed by atoms with E-state index in [1.165, 1.54) is 9.75 Å². The van der Waals surface area contributed by atoms with Gasteiger partial charge in [0.05, 0.1) is 0 Å². The molecule has 1 fully saturated rings. The van der Waals surface area contributed by atoms with E-state index in [1.807, 2.05) is 17.6 Å². The van der Waals surface area contributed by atoms with E-state index < -0.39 is 0 Å². The van der Waals surface area contributed by atoms with Crippen LogP contribution in [0.1, 0.15) is 34.9 Å². The van der Waals surface area contributed by atoms with Crippen molar-refractivity contribution < 1.29 is 4.79 Å². The second-order valence-electron chi connectivity index (χ2n) is 5.22. The molecule has 6 heteroatoms. The van der Waals surface area contributed by atoms with Crippen molar-refractivity contribution in [3.05, 3.63) is 33.5 Å². The van der Waals surface area contributed by atoms with Crippen molar-refractivity contribution in [3.63, 3.8) is 0 Å². The average Bonchev–Trinajstić information content (AvgIpc) is 3.17. The lowest BCUT2D eigenvalue weighted by Gasteiger charge is -2.20. The molecule has 0 spiro atoms. The van der Waals surface area contributed by atoms with Crippen molar-refractivity contribution in [2.75, 3.05) is 18.4 Å². The van der Waals surface area contributed by atoms with E-state index in [2.05, 4.69) is 21.7 Å². The van der Waals surface area contributed by atoms with Crippen LogP contribution in [0.3, 0.4) is 0 Å². The summed E-state index contributed by atoms with van der Waals surface area (Å²) >= 11 is 3.32. The molecule has 112 valence electrons. The maximum Gasteiger partial charge on any atom is 0.226 e. The van der Waals surface area contributed by atoms with Gasteiger partial charge in [0.25, 0.3) is 0 Å². The van der Waals surface area contributed by atoms with Gasteiger partial charge in [0.15, 0.2) is 5.13 Å². The normalized spacial score (nSPS) is 16.0. The van der Waals surface area contributed by atoms with Crippen LogP contribution >= 0.6 is 22.7 Å². The lowest BCUT2D eigenvalue weighted by Crippen LogP contribution is -2.26. The third-order valence-electron chi connectivity index (χ3n) is 3.69. The number of piperidine rings is 1. The quantitative estimate of drug-likeness (QED) is 0.889. The van der Waals surface area contributed by atoms with E-state index in [4.69, 9.17) is 0 Å². The Kier molecular flexibility index (Phi) is 5.00. The number of rotatable bonds is 5. The van der Waals surface area contributed by atoms with E-state index >= 15 is 0 Å². The lowest BCUT2D eigenvalue weighted by atomic mass is 9.97. The number of anilines is 1. The van der Waals surface area contributed by atoms with Gasteiger partial charge in [0.2, 0.25) is 5.91 Å². The maximum absolute atomic E-state index is 11.9. The molecular formula is C15H19N3OS2. The van der Waals surface area contributed by atoms with Crippen molar-refractivity contribution in [3.8, 4) is 0 Å². The molecule has 4 nitrogen and oxygen atoms in total. The van der Waals surface area contributed by atoms with Crippen LogP contribution in [0, 0.1) is 0 Å². The first-order chi connectivity index (χ1) is 10.3. The summed E-state index contributed by atoms with van der Waals surface area (Å²) in [5.41, 5.74) is 0. The lowest BCUT2D eigenvalue weighted by molar-refractivity contribution is -0.116. The molecule has 0 saturated carbocycles. The number of aromatic nitrogens is 1. The molecule has 0 aliphatic carbocycles. The number of nitrogens with zero attached hydrogens (tertiary/aromatic N) is 1. The van der Waals surface area contributed by atoms with E-state index in [0.717, 1.165) is 37.5 Å². The summed E-state index contributed by atoms with van der Waals surface area (Å²) in [5.74, 6) is 0.648. The van der Waals surface area contributed by atoms with Gasteiger partial charge in [0, 0.05) is 22.4 Å². The Morgan fingerprint density at radius 2 is 2.29 bits per heavy atom. The van der Waals surface area contributed by atoms with Crippen molar-refractivity contribution >= 4 is 33.7 Å². The van der Waals surface area contributed by atoms with Crippen molar-refractivity contribution in [1.82, 2.24) is 10.3 Å². The van der Waals surface area contributed by atoms with Crippen LogP contribution in [0.4, 0.5) is 5.13 Å². The first-order valence-electron chi connectivity index (χ1n) is 7.30. The second-order valence-corrected chi connectivity index (χ2v) is 7.31. The summed E-state index contributed by atoms with van der Waals surface area (Å²) in [6.07, 6.45) is 5.57. The van der Waals surface area contributed by atoms with Gasteiger partial charge in [-0.1, -0.05) is 6.07 Å². The number of thiophene rings is 1. The number of aryl methyl sites for hydroxylation is 1. The molecule has 2 aromatic rings. The van der Waals surface area contributed by atoms with Crippen LogP contribution in [0.2, 0.25) is 0 Å². The summed E-state index contributed by atoms with van der Waals surface area (Å²) in [7, 11) is 0. The SMILES string of the molecule is O=C(CCc1cccs1)Nc1ncc(C2CCNCC2)s1. The van der Waals surface area contributed by atoms with Crippen LogP contribution < -0.4 is 10.6 Å². The van der Waals surface area contributed by atoms with Gasteiger partial charge in [-0.05, 0) is 49.7 Å². The Balaban J connectivity index is 1.50. The zero-order valence-corrected chi connectivity index (χ0v) is 13.4. The van der Waals surface area contributed by atoms with E-state index in [0.29, 0.717) is 12.3 Å². The zero-order valence-electron chi connectivity index (χ0n) is 11.8. The predicted molar refractivity (Wildman–Crippen MR) is 88.2 cm³/mol. The Bertz CT molecular complexity index is 574. The highest BCUT2D eigenvalue weighted by Crippen LogP contribution is 2.31. The van der Waals surface area contributed by atoms with E-state index in [-0.39, 0.29) is 5.91 Å². The molecule has 2 aromatic heterocycles. The van der Waals surface area contributed by atoms with Crippen molar-refractivity contribution in [2.45, 2.75) is 31.6 Å². The minimum Gasteiger partial charge on any atom is -0.317 e. The van der Waals surface area contributed by atoms with Gasteiger partial charge in [-0.2, -0.15) is 0 Å². The van der Waals surface area contributed by atoms with Gasteiger partial charge in [0.1, 0.15) is 0 Å². The van der Waals surface area contributed by atoms with E-state index in [9.17, 15) is 4.79 Å². The standard InChI is InChI=1S/C15H19N3OS2/c19-14(4-3-12-2-1-9-20-12)18-15-17-10-13(21-15)11-5-7-16-8-6-11/h1-2,9-11,16H,3-8H2,(H,17,18,19). The molecule has 1 aliphatic rings. The topological polar surface area (TPSA) is 54.0 Å². The number of amides is 1. The third-order valence-corrected chi connectivity index (χ3v) is 5.70. The minimum atomic E-state index is 0.0506. The van der Waals surface area contributed by atoms with Gasteiger partial charge in [-0.25, -0.2) is 4.98 Å². The average molecular weight is 321 g/mol. The fourth-order valence-corrected chi connectivity index (χ4v) is 4.22. The summed E-state index contributed by atoms with van der Waals surface area (Å²) in [6.45, 7) is 2.15. The Hall–Kier alpha value is -1.24. The number of thiazole rings is 1. The summed E-state index contributed by atoms with van der Waals surface area (Å²) in [6, 6.07) is 4.08. The first kappa shape index (κ1) is 14.7. The fraction of sp³-hybridized carbons (Fsp3) is 0.467. The number of carbonyl (C=O) groups is 1. The molecule has 0 radical (unpaired) electrons. The summed E-state index contributed by atoms with van der Waals surface area (Å²) in [5, 5.41) is 9.07. The summed E-state index contributed by atoms with van der Waals surface area (Å²) in [4.78, 5) is 18.8. The summed E-state index contributed by atoms with van der Waals surface area (Å²) < 4.78 is 0. The number of carbonyl (C=O) groups excluding carboxylic acids is 1. The van der Waals surface area contributed by atoms with Crippen molar-refractivity contribution in [2.24, 2.45) is 0 Å². The third kappa shape index (κ3) is 4.12. The molecule has 0 atom stereocenters.